The van der Waals surface area contributed by atoms with Crippen molar-refractivity contribution in [1.82, 2.24) is 10.2 Å². The molecule has 3 aliphatic rings. The number of nitrogens with one attached hydrogen (secondary N) is 1. The first kappa shape index (κ1) is 10.6. The van der Waals surface area contributed by atoms with Crippen molar-refractivity contribution in [3.05, 3.63) is 0 Å². The molecule has 0 radical (unpaired) electrons. The Balaban J connectivity index is 1.74. The van der Waals surface area contributed by atoms with E-state index in [-0.39, 0.29) is 5.54 Å². The van der Waals surface area contributed by atoms with Gasteiger partial charge in [0.25, 0.3) is 0 Å². The van der Waals surface area contributed by atoms with Gasteiger partial charge in [-0.15, -0.1) is 0 Å². The molecule has 90 valence electrons. The summed E-state index contributed by atoms with van der Waals surface area (Å²) < 4.78 is 0. The van der Waals surface area contributed by atoms with E-state index in [0.29, 0.717) is 17.5 Å². The Labute approximate surface area is 97.6 Å². The minimum Gasteiger partial charge on any atom is -0.325 e. The van der Waals surface area contributed by atoms with E-state index >= 15 is 0 Å². The first-order chi connectivity index (χ1) is 7.59. The van der Waals surface area contributed by atoms with Crippen LogP contribution in [0, 0.1) is 5.41 Å². The molecule has 1 amide bonds. The van der Waals surface area contributed by atoms with E-state index in [1.807, 2.05) is 0 Å². The van der Waals surface area contributed by atoms with E-state index < -0.39 is 0 Å². The maximum absolute atomic E-state index is 12.3. The Kier molecular flexibility index (Phi) is 2.13. The molecule has 0 aromatic rings. The summed E-state index contributed by atoms with van der Waals surface area (Å²) in [5.41, 5.74) is 0.284. The van der Waals surface area contributed by atoms with Crippen molar-refractivity contribution in [3.63, 3.8) is 0 Å². The molecule has 1 N–H and O–H groups in total. The van der Waals surface area contributed by atoms with Crippen LogP contribution in [0.15, 0.2) is 0 Å². The zero-order valence-corrected chi connectivity index (χ0v) is 10.4. The quantitative estimate of drug-likeness (QED) is 0.790. The molecule has 1 atom stereocenters. The zero-order valence-electron chi connectivity index (χ0n) is 10.4. The summed E-state index contributed by atoms with van der Waals surface area (Å²) in [5, 5.41) is 3.54. The van der Waals surface area contributed by atoms with E-state index in [4.69, 9.17) is 0 Å². The largest absolute Gasteiger partial charge is 0.325 e. The molecule has 0 bridgehead atoms. The highest BCUT2D eigenvalue weighted by Crippen LogP contribution is 2.46. The summed E-state index contributed by atoms with van der Waals surface area (Å²) >= 11 is 0. The van der Waals surface area contributed by atoms with Crippen molar-refractivity contribution in [2.45, 2.75) is 64.1 Å². The van der Waals surface area contributed by atoms with Crippen LogP contribution < -0.4 is 5.32 Å². The van der Waals surface area contributed by atoms with Crippen LogP contribution in [0.3, 0.4) is 0 Å². The number of amides is 1. The molecule has 3 nitrogen and oxygen atoms in total. The van der Waals surface area contributed by atoms with E-state index in [0.717, 1.165) is 25.8 Å². The fourth-order valence-electron chi connectivity index (χ4n) is 3.21. The lowest BCUT2D eigenvalue weighted by Crippen LogP contribution is -2.46. The van der Waals surface area contributed by atoms with Crippen LogP contribution in [0.2, 0.25) is 0 Å². The Morgan fingerprint density at radius 3 is 2.50 bits per heavy atom. The lowest BCUT2D eigenvalue weighted by atomic mass is 9.70. The summed E-state index contributed by atoms with van der Waals surface area (Å²) in [7, 11) is 0. The molecule has 1 heterocycles. The van der Waals surface area contributed by atoms with Crippen LogP contribution in [0.1, 0.15) is 52.4 Å². The van der Waals surface area contributed by atoms with Gasteiger partial charge in [0.15, 0.2) is 0 Å². The normalized spacial score (nSPS) is 34.2. The lowest BCUT2D eigenvalue weighted by Gasteiger charge is -2.42. The van der Waals surface area contributed by atoms with E-state index in [9.17, 15) is 4.79 Å². The third kappa shape index (κ3) is 1.41. The summed E-state index contributed by atoms with van der Waals surface area (Å²) in [4.78, 5) is 14.5. The van der Waals surface area contributed by atoms with E-state index in [1.54, 1.807) is 0 Å². The minimum atomic E-state index is -0.124. The second-order valence-corrected chi connectivity index (χ2v) is 6.25. The highest BCUT2D eigenvalue weighted by atomic mass is 16.2. The number of hydrogen-bond donors (Lipinski definition) is 1. The first-order valence-corrected chi connectivity index (χ1v) is 6.67. The van der Waals surface area contributed by atoms with Gasteiger partial charge in [-0.2, -0.15) is 0 Å². The van der Waals surface area contributed by atoms with Gasteiger partial charge in [-0.1, -0.05) is 20.3 Å². The second kappa shape index (κ2) is 3.22. The van der Waals surface area contributed by atoms with E-state index in [2.05, 4.69) is 24.1 Å². The molecule has 1 aliphatic heterocycles. The van der Waals surface area contributed by atoms with Crippen LogP contribution in [0.25, 0.3) is 0 Å². The molecule has 3 heteroatoms. The van der Waals surface area contributed by atoms with Crippen LogP contribution in [0.4, 0.5) is 0 Å². The van der Waals surface area contributed by atoms with Gasteiger partial charge in [-0.25, -0.2) is 0 Å². The standard InChI is InChI=1S/C13H22N2O/c1-3-10-14-13(7-8-13)11(16)15(10)9-12(2)5-4-6-12/h10,14H,3-9H2,1-2H3. The first-order valence-electron chi connectivity index (χ1n) is 6.67. The van der Waals surface area contributed by atoms with Crippen molar-refractivity contribution in [2.24, 2.45) is 5.41 Å². The van der Waals surface area contributed by atoms with Crippen molar-refractivity contribution in [3.8, 4) is 0 Å². The molecule has 16 heavy (non-hydrogen) atoms. The van der Waals surface area contributed by atoms with Crippen LogP contribution >= 0.6 is 0 Å². The highest BCUT2D eigenvalue weighted by Gasteiger charge is 2.59. The number of hydrogen-bond acceptors (Lipinski definition) is 2. The predicted octanol–water partition coefficient (Wildman–Crippen LogP) is 1.88. The van der Waals surface area contributed by atoms with Gasteiger partial charge in [-0.3, -0.25) is 10.1 Å². The van der Waals surface area contributed by atoms with Crippen LogP contribution in [-0.2, 0) is 4.79 Å². The van der Waals surface area contributed by atoms with Crippen LogP contribution in [-0.4, -0.2) is 29.1 Å². The lowest BCUT2D eigenvalue weighted by molar-refractivity contribution is -0.133. The average Bonchev–Trinajstić information content (AvgIpc) is 2.95. The summed E-state index contributed by atoms with van der Waals surface area (Å²) in [6.07, 6.45) is 7.36. The molecule has 1 unspecified atom stereocenters. The summed E-state index contributed by atoms with van der Waals surface area (Å²) in [6, 6.07) is 0. The third-order valence-electron chi connectivity index (χ3n) is 4.74. The van der Waals surface area contributed by atoms with Crippen molar-refractivity contribution in [2.75, 3.05) is 6.54 Å². The van der Waals surface area contributed by atoms with Crippen molar-refractivity contribution in [1.29, 1.82) is 0 Å². The SMILES string of the molecule is CCC1NC2(CC2)C(=O)N1CC1(C)CCC1. The predicted molar refractivity (Wildman–Crippen MR) is 62.9 cm³/mol. The molecule has 0 aromatic heterocycles. The zero-order chi connectivity index (χ0) is 11.4. The summed E-state index contributed by atoms with van der Waals surface area (Å²) in [5.74, 6) is 0.382. The molecule has 3 rings (SSSR count). The molecule has 1 spiro atoms. The maximum Gasteiger partial charge on any atom is 0.244 e. The Morgan fingerprint density at radius 1 is 1.38 bits per heavy atom. The third-order valence-corrected chi connectivity index (χ3v) is 4.74. The molecule has 1 saturated heterocycles. The monoisotopic (exact) mass is 222 g/mol. The fraction of sp³-hybridized carbons (Fsp3) is 0.923. The number of carbonyl (C=O) groups is 1. The van der Waals surface area contributed by atoms with Gasteiger partial charge < -0.3 is 4.90 Å². The van der Waals surface area contributed by atoms with Gasteiger partial charge in [0.05, 0.1) is 11.7 Å². The maximum atomic E-state index is 12.3. The number of rotatable bonds is 3. The number of carbonyl (C=O) groups excluding carboxylic acids is 1. The van der Waals surface area contributed by atoms with E-state index in [1.165, 1.54) is 19.3 Å². The highest BCUT2D eigenvalue weighted by molar-refractivity contribution is 5.91. The smallest absolute Gasteiger partial charge is 0.244 e. The second-order valence-electron chi connectivity index (χ2n) is 6.25. The van der Waals surface area contributed by atoms with Crippen molar-refractivity contribution < 1.29 is 4.79 Å². The van der Waals surface area contributed by atoms with Gasteiger partial charge in [0, 0.05) is 6.54 Å². The fourth-order valence-corrected chi connectivity index (χ4v) is 3.21. The van der Waals surface area contributed by atoms with Gasteiger partial charge >= 0.3 is 0 Å². The van der Waals surface area contributed by atoms with Gasteiger partial charge in [-0.05, 0) is 37.5 Å². The van der Waals surface area contributed by atoms with Gasteiger partial charge in [0.1, 0.15) is 0 Å². The van der Waals surface area contributed by atoms with Gasteiger partial charge in [0.2, 0.25) is 5.91 Å². The molecule has 3 fully saturated rings. The molecule has 2 saturated carbocycles. The molecule has 0 aromatic carbocycles. The Hall–Kier alpha value is -0.570. The molecule has 2 aliphatic carbocycles. The Bertz CT molecular complexity index is 318. The Morgan fingerprint density at radius 2 is 2.06 bits per heavy atom. The summed E-state index contributed by atoms with van der Waals surface area (Å²) in [6.45, 7) is 5.47. The molecular formula is C13H22N2O. The minimum absolute atomic E-state index is 0.124. The topological polar surface area (TPSA) is 32.3 Å². The van der Waals surface area contributed by atoms with Crippen molar-refractivity contribution >= 4 is 5.91 Å². The van der Waals surface area contributed by atoms with Crippen LogP contribution in [0.5, 0.6) is 0 Å². The number of nitrogens with zero attached hydrogens (tertiary/aromatic N) is 1. The average molecular weight is 222 g/mol. The molecular weight excluding hydrogens is 200 g/mol.